The molecule has 28 heavy (non-hydrogen) atoms. The molecule has 0 saturated carbocycles. The van der Waals surface area contributed by atoms with Gasteiger partial charge in [-0.3, -0.25) is 9.59 Å². The Balaban J connectivity index is 1.64. The van der Waals surface area contributed by atoms with E-state index in [0.29, 0.717) is 29.1 Å². The predicted octanol–water partition coefficient (Wildman–Crippen LogP) is 2.21. The second-order valence-electron chi connectivity index (χ2n) is 6.70. The lowest BCUT2D eigenvalue weighted by Gasteiger charge is -2.09. The lowest BCUT2D eigenvalue weighted by atomic mass is 10.1. The fraction of sp³-hybridized carbons (Fsp3) is 0.350. The Labute approximate surface area is 166 Å². The Bertz CT molecular complexity index is 1060. The summed E-state index contributed by atoms with van der Waals surface area (Å²) in [5.74, 6) is -0.0766. The fourth-order valence-corrected chi connectivity index (χ4v) is 3.58. The summed E-state index contributed by atoms with van der Waals surface area (Å²) in [4.78, 5) is 39.6. The summed E-state index contributed by atoms with van der Waals surface area (Å²) in [5, 5.41) is 4.63. The van der Waals surface area contributed by atoms with E-state index in [4.69, 9.17) is 4.74 Å². The zero-order valence-electron chi connectivity index (χ0n) is 15.9. The van der Waals surface area contributed by atoms with Crippen LogP contribution in [0.5, 0.6) is 0 Å². The maximum absolute atomic E-state index is 12.6. The third kappa shape index (κ3) is 4.76. The van der Waals surface area contributed by atoms with Crippen LogP contribution in [0.2, 0.25) is 0 Å². The summed E-state index contributed by atoms with van der Waals surface area (Å²) >= 11 is 1.29. The van der Waals surface area contributed by atoms with Gasteiger partial charge in [0.1, 0.15) is 4.70 Å². The van der Waals surface area contributed by atoms with Crippen molar-refractivity contribution in [3.63, 3.8) is 0 Å². The summed E-state index contributed by atoms with van der Waals surface area (Å²) in [6, 6.07) is 8.57. The van der Waals surface area contributed by atoms with Gasteiger partial charge in [-0.1, -0.05) is 12.1 Å². The molecule has 0 aliphatic heterocycles. The van der Waals surface area contributed by atoms with E-state index in [1.54, 1.807) is 35.7 Å². The molecule has 1 aromatic carbocycles. The topological polar surface area (TPSA) is 93.2 Å². The number of nitrogens with zero attached hydrogens (tertiary/aromatic N) is 1. The number of carbonyl (C=O) groups excluding carboxylic acids is 1. The molecule has 2 N–H and O–H groups in total. The second kappa shape index (κ2) is 8.99. The van der Waals surface area contributed by atoms with Crippen molar-refractivity contribution < 1.29 is 9.53 Å². The van der Waals surface area contributed by atoms with Gasteiger partial charge in [-0.25, -0.2) is 9.36 Å². The van der Waals surface area contributed by atoms with E-state index in [9.17, 15) is 14.4 Å². The van der Waals surface area contributed by atoms with E-state index in [1.165, 1.54) is 11.3 Å². The Morgan fingerprint density at radius 2 is 1.96 bits per heavy atom. The maximum atomic E-state index is 12.6. The highest BCUT2D eigenvalue weighted by Crippen LogP contribution is 2.14. The largest absolute Gasteiger partial charge is 0.379 e. The molecule has 0 aliphatic rings. The van der Waals surface area contributed by atoms with Gasteiger partial charge in [0.05, 0.1) is 23.7 Å². The number of amides is 1. The van der Waals surface area contributed by atoms with E-state index in [2.05, 4.69) is 10.3 Å². The average Bonchev–Trinajstić information content (AvgIpc) is 3.11. The number of carbonyl (C=O) groups is 1. The van der Waals surface area contributed by atoms with Gasteiger partial charge in [0.15, 0.2) is 0 Å². The van der Waals surface area contributed by atoms with Gasteiger partial charge in [0.25, 0.3) is 5.56 Å². The van der Waals surface area contributed by atoms with E-state index < -0.39 is 5.69 Å². The Morgan fingerprint density at radius 3 is 2.68 bits per heavy atom. The molecular weight excluding hydrogens is 378 g/mol. The number of hydrogen-bond donors (Lipinski definition) is 2. The maximum Gasteiger partial charge on any atom is 0.333 e. The van der Waals surface area contributed by atoms with Crippen LogP contribution in [-0.2, 0) is 16.0 Å². The zero-order chi connectivity index (χ0) is 20.1. The highest BCUT2D eigenvalue weighted by Gasteiger charge is 2.11. The monoisotopic (exact) mass is 401 g/mol. The molecule has 0 fully saturated rings. The van der Waals surface area contributed by atoms with Gasteiger partial charge >= 0.3 is 5.69 Å². The molecule has 2 aromatic heterocycles. The molecule has 8 heteroatoms. The summed E-state index contributed by atoms with van der Waals surface area (Å²) in [6.45, 7) is 5.13. The van der Waals surface area contributed by atoms with Gasteiger partial charge in [-0.15, -0.1) is 11.3 Å². The minimum atomic E-state index is -0.481. The molecule has 0 spiro atoms. The van der Waals surface area contributed by atoms with E-state index >= 15 is 0 Å². The summed E-state index contributed by atoms with van der Waals surface area (Å²) in [6.07, 6.45) is 1.19. The number of aromatic amines is 1. The van der Waals surface area contributed by atoms with Crippen LogP contribution >= 0.6 is 11.3 Å². The van der Waals surface area contributed by atoms with Crippen molar-refractivity contribution in [3.05, 3.63) is 62.1 Å². The standard InChI is InChI=1S/C20H23N3O4S/c1-13(2)27-10-3-9-21-17(24)12-14-4-6-15(7-5-14)23-19(25)18-16(8-11-28-18)22-20(23)26/h4-8,11,13H,3,9-10,12H2,1-2H3,(H,21,24)(H,22,26). The van der Waals surface area contributed by atoms with E-state index in [-0.39, 0.29) is 24.0 Å². The van der Waals surface area contributed by atoms with Crippen LogP contribution in [0.3, 0.4) is 0 Å². The lowest BCUT2D eigenvalue weighted by Crippen LogP contribution is -2.33. The Hall–Kier alpha value is -2.71. The van der Waals surface area contributed by atoms with Crippen molar-refractivity contribution in [3.8, 4) is 5.69 Å². The highest BCUT2D eigenvalue weighted by atomic mass is 32.1. The van der Waals surface area contributed by atoms with Crippen molar-refractivity contribution >= 4 is 27.5 Å². The van der Waals surface area contributed by atoms with Gasteiger partial charge in [-0.2, -0.15) is 0 Å². The molecule has 0 atom stereocenters. The van der Waals surface area contributed by atoms with Crippen molar-refractivity contribution in [2.45, 2.75) is 32.8 Å². The molecule has 7 nitrogen and oxygen atoms in total. The summed E-state index contributed by atoms with van der Waals surface area (Å²) in [7, 11) is 0. The number of aromatic nitrogens is 2. The van der Waals surface area contributed by atoms with Gasteiger partial charge in [0, 0.05) is 13.2 Å². The van der Waals surface area contributed by atoms with Gasteiger partial charge in [-0.05, 0) is 49.4 Å². The smallest absolute Gasteiger partial charge is 0.333 e. The minimum Gasteiger partial charge on any atom is -0.379 e. The Morgan fingerprint density at radius 1 is 1.21 bits per heavy atom. The second-order valence-corrected chi connectivity index (χ2v) is 7.62. The first kappa shape index (κ1) is 20.0. The van der Waals surface area contributed by atoms with E-state index in [0.717, 1.165) is 16.6 Å². The van der Waals surface area contributed by atoms with E-state index in [1.807, 2.05) is 13.8 Å². The van der Waals surface area contributed by atoms with Crippen LogP contribution in [0.25, 0.3) is 15.9 Å². The molecule has 0 aliphatic carbocycles. The summed E-state index contributed by atoms with van der Waals surface area (Å²) < 4.78 is 7.04. The number of H-pyrrole nitrogens is 1. The third-order valence-electron chi connectivity index (χ3n) is 4.16. The van der Waals surface area contributed by atoms with Crippen LogP contribution < -0.4 is 16.6 Å². The third-order valence-corrected chi connectivity index (χ3v) is 5.06. The number of thiophene rings is 1. The average molecular weight is 401 g/mol. The lowest BCUT2D eigenvalue weighted by molar-refractivity contribution is -0.120. The highest BCUT2D eigenvalue weighted by molar-refractivity contribution is 7.17. The molecule has 0 radical (unpaired) electrons. The molecule has 3 rings (SSSR count). The first-order valence-corrected chi connectivity index (χ1v) is 10.0. The van der Waals surface area contributed by atoms with Crippen LogP contribution in [0.15, 0.2) is 45.3 Å². The number of hydrogen-bond acceptors (Lipinski definition) is 5. The van der Waals surface area contributed by atoms with Crippen LogP contribution in [0.1, 0.15) is 25.8 Å². The van der Waals surface area contributed by atoms with Gasteiger partial charge < -0.3 is 15.0 Å². The number of nitrogens with one attached hydrogen (secondary N) is 2. The number of ether oxygens (including phenoxy) is 1. The molecule has 1 amide bonds. The minimum absolute atomic E-state index is 0.0766. The van der Waals surface area contributed by atoms with Crippen LogP contribution in [-0.4, -0.2) is 34.7 Å². The number of benzene rings is 1. The first-order chi connectivity index (χ1) is 13.5. The van der Waals surface area contributed by atoms with Crippen LogP contribution in [0.4, 0.5) is 0 Å². The number of fused-ring (bicyclic) bond motifs is 1. The quantitative estimate of drug-likeness (QED) is 0.566. The molecule has 0 unspecified atom stereocenters. The fourth-order valence-electron chi connectivity index (χ4n) is 2.80. The number of rotatable bonds is 8. The molecular formula is C20H23N3O4S. The Kier molecular flexibility index (Phi) is 6.43. The van der Waals surface area contributed by atoms with Crippen molar-refractivity contribution in [2.24, 2.45) is 0 Å². The molecule has 0 saturated heterocycles. The molecule has 148 valence electrons. The van der Waals surface area contributed by atoms with Crippen molar-refractivity contribution in [1.29, 1.82) is 0 Å². The predicted molar refractivity (Wildman–Crippen MR) is 110 cm³/mol. The molecule has 3 aromatic rings. The van der Waals surface area contributed by atoms with Gasteiger partial charge in [0.2, 0.25) is 5.91 Å². The zero-order valence-corrected chi connectivity index (χ0v) is 16.7. The van der Waals surface area contributed by atoms with Crippen LogP contribution in [0, 0.1) is 0 Å². The SMILES string of the molecule is CC(C)OCCCNC(=O)Cc1ccc(-n2c(=O)[nH]c3ccsc3c2=O)cc1. The normalized spacial score (nSPS) is 11.2. The first-order valence-electron chi connectivity index (χ1n) is 9.16. The molecule has 2 heterocycles. The van der Waals surface area contributed by atoms with Crippen molar-refractivity contribution in [1.82, 2.24) is 14.9 Å². The summed E-state index contributed by atoms with van der Waals surface area (Å²) in [5.41, 5.74) is 0.995. The van der Waals surface area contributed by atoms with Crippen molar-refractivity contribution in [2.75, 3.05) is 13.2 Å². The molecule has 0 bridgehead atoms.